The molecule has 10 nitrogen and oxygen atoms in total. The molecule has 3 aromatic heterocycles. The van der Waals surface area contributed by atoms with Gasteiger partial charge in [-0.1, -0.05) is 6.07 Å². The number of carbonyl (C=O) groups is 1. The van der Waals surface area contributed by atoms with Gasteiger partial charge in [0.2, 0.25) is 5.56 Å². The molecule has 2 aliphatic heterocycles. The number of nitrogens with zero attached hydrogens (tertiary/aromatic N) is 5. The van der Waals surface area contributed by atoms with Crippen LogP contribution in [0.25, 0.3) is 11.4 Å². The number of ether oxygens (including phenoxy) is 1. The summed E-state index contributed by atoms with van der Waals surface area (Å²) in [5, 5.41) is 3.20. The summed E-state index contributed by atoms with van der Waals surface area (Å²) >= 11 is 0. The molecule has 2 N–H and O–H groups in total. The maximum atomic E-state index is 13.1. The largest absolute Gasteiger partial charge is 0.378 e. The Morgan fingerprint density at radius 2 is 1.82 bits per heavy atom. The molecule has 0 unspecified atom stereocenters. The van der Waals surface area contributed by atoms with Crippen LogP contribution in [0.3, 0.4) is 0 Å². The number of morpholine rings is 1. The van der Waals surface area contributed by atoms with Crippen molar-refractivity contribution >= 4 is 23.2 Å². The topological polar surface area (TPSA) is 116 Å². The lowest BCUT2D eigenvalue weighted by Crippen LogP contribution is -2.41. The number of fused-ring (bicyclic) bond motifs is 1. The smallest absolute Gasteiger partial charge is 0.255 e. The second-order valence-corrected chi connectivity index (χ2v) is 9.24. The number of H-pyrrole nitrogens is 1. The molecule has 0 atom stereocenters. The molecule has 1 aromatic carbocycles. The van der Waals surface area contributed by atoms with Crippen LogP contribution in [0.2, 0.25) is 0 Å². The van der Waals surface area contributed by atoms with E-state index >= 15 is 0 Å². The number of hydrogen-bond donors (Lipinski definition) is 2. The number of hydrogen-bond acceptors (Lipinski definition) is 8. The number of carbonyl (C=O) groups excluding carboxylic acids is 1. The number of benzene rings is 1. The van der Waals surface area contributed by atoms with Crippen LogP contribution in [-0.2, 0) is 17.7 Å². The lowest BCUT2D eigenvalue weighted by molar-refractivity contribution is 0.0731. The molecule has 0 radical (unpaired) electrons. The van der Waals surface area contributed by atoms with Gasteiger partial charge in [0.25, 0.3) is 5.91 Å². The Bertz CT molecular complexity index is 1500. The van der Waals surface area contributed by atoms with Crippen molar-refractivity contribution in [1.29, 1.82) is 0 Å². The van der Waals surface area contributed by atoms with Crippen LogP contribution < -0.4 is 15.8 Å². The van der Waals surface area contributed by atoms with Crippen molar-refractivity contribution in [3.63, 3.8) is 0 Å². The van der Waals surface area contributed by atoms with Gasteiger partial charge in [0.15, 0.2) is 5.82 Å². The molecule has 1 fully saturated rings. The lowest BCUT2D eigenvalue weighted by atomic mass is 10.0. The molecule has 1 amide bonds. The van der Waals surface area contributed by atoms with E-state index in [2.05, 4.69) is 20.2 Å². The number of amides is 1. The SMILES string of the molecule is O=C(c1cccnc1)N1CCc2c(nc(-c3ccc(Nc4cccc(=O)[nH]4)cc3)nc2N2CCOCC2)C1. The number of nitrogens with one attached hydrogen (secondary N) is 2. The first-order valence-corrected chi connectivity index (χ1v) is 12.6. The first-order chi connectivity index (χ1) is 18.6. The highest BCUT2D eigenvalue weighted by Gasteiger charge is 2.28. The first-order valence-electron chi connectivity index (χ1n) is 12.6. The molecule has 0 saturated carbocycles. The van der Waals surface area contributed by atoms with E-state index in [1.807, 2.05) is 29.2 Å². The Kier molecular flexibility index (Phi) is 6.53. The van der Waals surface area contributed by atoms with Crippen LogP contribution in [0, 0.1) is 0 Å². The Balaban J connectivity index is 1.32. The summed E-state index contributed by atoms with van der Waals surface area (Å²) in [6, 6.07) is 16.3. The number of pyridine rings is 2. The molecular formula is C28H27N7O3. The zero-order chi connectivity index (χ0) is 25.9. The van der Waals surface area contributed by atoms with Crippen molar-refractivity contribution in [1.82, 2.24) is 24.8 Å². The summed E-state index contributed by atoms with van der Waals surface area (Å²) in [6.07, 6.45) is 3.95. The van der Waals surface area contributed by atoms with E-state index in [1.54, 1.807) is 36.7 Å². The third-order valence-corrected chi connectivity index (χ3v) is 6.74. The summed E-state index contributed by atoms with van der Waals surface area (Å²) in [6.45, 7) is 3.85. The van der Waals surface area contributed by atoms with E-state index in [4.69, 9.17) is 14.7 Å². The fourth-order valence-electron chi connectivity index (χ4n) is 4.80. The van der Waals surface area contributed by atoms with Crippen molar-refractivity contribution < 1.29 is 9.53 Å². The van der Waals surface area contributed by atoms with Gasteiger partial charge in [0.1, 0.15) is 11.6 Å². The Hall–Kier alpha value is -4.57. The molecule has 0 aliphatic carbocycles. The minimum absolute atomic E-state index is 0.0498. The average Bonchev–Trinajstić information content (AvgIpc) is 2.97. The van der Waals surface area contributed by atoms with Gasteiger partial charge < -0.3 is 24.8 Å². The predicted molar refractivity (Wildman–Crippen MR) is 144 cm³/mol. The van der Waals surface area contributed by atoms with Gasteiger partial charge in [-0.25, -0.2) is 9.97 Å². The monoisotopic (exact) mass is 509 g/mol. The lowest BCUT2D eigenvalue weighted by Gasteiger charge is -2.34. The van der Waals surface area contributed by atoms with Crippen LogP contribution in [0.1, 0.15) is 21.6 Å². The third-order valence-electron chi connectivity index (χ3n) is 6.74. The zero-order valence-corrected chi connectivity index (χ0v) is 20.8. The predicted octanol–water partition coefficient (Wildman–Crippen LogP) is 3.01. The van der Waals surface area contributed by atoms with Gasteiger partial charge in [-0.15, -0.1) is 0 Å². The van der Waals surface area contributed by atoms with Crippen molar-refractivity contribution in [2.24, 2.45) is 0 Å². The standard InChI is InChI=1S/C28H27N7O3/c36-25-5-1-4-24(32-25)30-21-8-6-19(7-9-21)26-31-23-18-35(28(37)20-3-2-11-29-17-20)12-10-22(23)27(33-26)34-13-15-38-16-14-34/h1-9,11,17H,10,12-16,18H2,(H2,30,32,36). The van der Waals surface area contributed by atoms with E-state index in [1.165, 1.54) is 6.07 Å². The summed E-state index contributed by atoms with van der Waals surface area (Å²) < 4.78 is 5.57. The Morgan fingerprint density at radius 3 is 2.58 bits per heavy atom. The molecule has 6 rings (SSSR count). The second-order valence-electron chi connectivity index (χ2n) is 9.24. The Morgan fingerprint density at radius 1 is 0.974 bits per heavy atom. The number of anilines is 3. The average molecular weight is 510 g/mol. The van der Waals surface area contributed by atoms with E-state index in [-0.39, 0.29) is 11.5 Å². The highest BCUT2D eigenvalue weighted by molar-refractivity contribution is 5.94. The quantitative estimate of drug-likeness (QED) is 0.422. The molecular weight excluding hydrogens is 482 g/mol. The summed E-state index contributed by atoms with van der Waals surface area (Å²) in [4.78, 5) is 45.6. The Labute approximate surface area is 219 Å². The van der Waals surface area contributed by atoms with Gasteiger partial charge in [-0.3, -0.25) is 14.6 Å². The van der Waals surface area contributed by atoms with Crippen LogP contribution in [0.4, 0.5) is 17.3 Å². The molecule has 10 heteroatoms. The molecule has 0 spiro atoms. The highest BCUT2D eigenvalue weighted by atomic mass is 16.5. The fraction of sp³-hybridized carbons (Fsp3) is 0.250. The number of aromatic nitrogens is 4. The minimum Gasteiger partial charge on any atom is -0.378 e. The molecule has 1 saturated heterocycles. The normalized spacial score (nSPS) is 15.2. The van der Waals surface area contributed by atoms with Crippen molar-refractivity contribution in [2.75, 3.05) is 43.1 Å². The summed E-state index contributed by atoms with van der Waals surface area (Å²) in [7, 11) is 0. The van der Waals surface area contributed by atoms with Crippen LogP contribution in [0.15, 0.2) is 71.8 Å². The van der Waals surface area contributed by atoms with Crippen molar-refractivity contribution in [3.8, 4) is 11.4 Å². The molecule has 0 bridgehead atoms. The van der Waals surface area contributed by atoms with Crippen molar-refractivity contribution in [2.45, 2.75) is 13.0 Å². The molecule has 2 aliphatic rings. The van der Waals surface area contributed by atoms with Crippen LogP contribution >= 0.6 is 0 Å². The van der Waals surface area contributed by atoms with Crippen LogP contribution in [-0.4, -0.2) is 63.6 Å². The minimum atomic E-state index is -0.166. The van der Waals surface area contributed by atoms with Gasteiger partial charge in [0.05, 0.1) is 31.0 Å². The van der Waals surface area contributed by atoms with Gasteiger partial charge in [0, 0.05) is 54.9 Å². The van der Waals surface area contributed by atoms with Crippen molar-refractivity contribution in [3.05, 3.63) is 94.2 Å². The first kappa shape index (κ1) is 23.8. The van der Waals surface area contributed by atoms with E-state index in [0.717, 1.165) is 41.4 Å². The van der Waals surface area contributed by atoms with Crippen LogP contribution in [0.5, 0.6) is 0 Å². The molecule has 5 heterocycles. The van der Waals surface area contributed by atoms with E-state index in [0.29, 0.717) is 49.9 Å². The molecule has 4 aromatic rings. The van der Waals surface area contributed by atoms with E-state index in [9.17, 15) is 9.59 Å². The molecule has 38 heavy (non-hydrogen) atoms. The summed E-state index contributed by atoms with van der Waals surface area (Å²) in [5.74, 6) is 2.10. The highest BCUT2D eigenvalue weighted by Crippen LogP contribution is 2.31. The van der Waals surface area contributed by atoms with E-state index < -0.39 is 0 Å². The van der Waals surface area contributed by atoms with Gasteiger partial charge >= 0.3 is 0 Å². The molecule has 192 valence electrons. The second kappa shape index (κ2) is 10.4. The zero-order valence-electron chi connectivity index (χ0n) is 20.8. The third kappa shape index (κ3) is 4.98. The number of aromatic amines is 1. The fourth-order valence-corrected chi connectivity index (χ4v) is 4.80. The van der Waals surface area contributed by atoms with Gasteiger partial charge in [-0.05, 0) is 48.9 Å². The maximum Gasteiger partial charge on any atom is 0.255 e. The number of rotatable bonds is 5. The summed E-state index contributed by atoms with van der Waals surface area (Å²) in [5.41, 5.74) is 4.06. The maximum absolute atomic E-state index is 13.1. The van der Waals surface area contributed by atoms with Gasteiger partial charge in [-0.2, -0.15) is 0 Å².